The quantitative estimate of drug-likeness (QED) is 0.678. The van der Waals surface area contributed by atoms with Crippen molar-refractivity contribution in [1.29, 1.82) is 5.26 Å². The molecule has 0 saturated carbocycles. The number of rotatable bonds is 4. The van der Waals surface area contributed by atoms with Gasteiger partial charge in [0.2, 0.25) is 5.88 Å². The van der Waals surface area contributed by atoms with Gasteiger partial charge in [-0.2, -0.15) is 18.4 Å². The number of halogens is 3. The number of hydrogen-bond acceptors (Lipinski definition) is 3. The fraction of sp³-hybridized carbons (Fsp3) is 0.263. The van der Waals surface area contributed by atoms with Crippen LogP contribution in [0.2, 0.25) is 0 Å². The maximum atomic E-state index is 13.5. The van der Waals surface area contributed by atoms with Gasteiger partial charge in [0, 0.05) is 28.9 Å². The van der Waals surface area contributed by atoms with Gasteiger partial charge in [-0.25, -0.2) is 4.98 Å². The van der Waals surface area contributed by atoms with Gasteiger partial charge in [0.25, 0.3) is 0 Å². The van der Waals surface area contributed by atoms with Crippen LogP contribution in [-0.2, 0) is 12.7 Å². The van der Waals surface area contributed by atoms with Gasteiger partial charge in [-0.15, -0.1) is 0 Å². The number of nitrogens with zero attached hydrogens (tertiary/aromatic N) is 3. The molecular weight excluding hydrogens is 343 g/mol. The predicted octanol–water partition coefficient (Wildman–Crippen LogP) is 4.70. The molecular formula is C19H16F3N3O. The van der Waals surface area contributed by atoms with Crippen molar-refractivity contribution in [3.05, 3.63) is 59.4 Å². The largest absolute Gasteiger partial charge is 0.473 e. The lowest BCUT2D eigenvalue weighted by Gasteiger charge is -2.17. The van der Waals surface area contributed by atoms with Gasteiger partial charge in [0.05, 0.1) is 23.7 Å². The molecule has 0 spiro atoms. The Morgan fingerprint density at radius 1 is 1.27 bits per heavy atom. The van der Waals surface area contributed by atoms with Crippen molar-refractivity contribution < 1.29 is 17.9 Å². The van der Waals surface area contributed by atoms with E-state index in [-0.39, 0.29) is 17.1 Å². The molecule has 0 N–H and O–H groups in total. The number of benzene rings is 1. The van der Waals surface area contributed by atoms with E-state index in [9.17, 15) is 13.2 Å². The number of ether oxygens (including phenoxy) is 1. The zero-order chi connectivity index (χ0) is 18.9. The van der Waals surface area contributed by atoms with Crippen LogP contribution in [0, 0.1) is 18.3 Å². The van der Waals surface area contributed by atoms with Crippen molar-refractivity contribution in [3.63, 3.8) is 0 Å². The molecule has 2 heterocycles. The highest BCUT2D eigenvalue weighted by molar-refractivity contribution is 5.87. The molecule has 1 atom stereocenters. The summed E-state index contributed by atoms with van der Waals surface area (Å²) in [6, 6.07) is 11.1. The number of nitriles is 1. The van der Waals surface area contributed by atoms with E-state index in [1.807, 2.05) is 6.92 Å². The average molecular weight is 359 g/mol. The summed E-state index contributed by atoms with van der Waals surface area (Å²) in [6.07, 6.45) is -3.29. The summed E-state index contributed by atoms with van der Waals surface area (Å²) in [5.41, 5.74) is -0.181. The van der Waals surface area contributed by atoms with Crippen LogP contribution in [0.1, 0.15) is 23.7 Å². The highest BCUT2D eigenvalue weighted by atomic mass is 19.4. The van der Waals surface area contributed by atoms with Crippen LogP contribution >= 0.6 is 0 Å². The standard InChI is InChI=1S/C19H16F3N3O/c1-12-9-15-16(7-6-14(10-23)18(15)19(20,21)22)25(12)11-13(2)26-17-5-3-4-8-24-17/h3-9,13H,11H2,1-2H3. The molecule has 7 heteroatoms. The number of aromatic nitrogens is 2. The third-order valence-corrected chi connectivity index (χ3v) is 4.10. The van der Waals surface area contributed by atoms with Crippen molar-refractivity contribution in [2.24, 2.45) is 0 Å². The minimum Gasteiger partial charge on any atom is -0.473 e. The van der Waals surface area contributed by atoms with Crippen LogP contribution in [0.3, 0.4) is 0 Å². The minimum absolute atomic E-state index is 0.0269. The smallest absolute Gasteiger partial charge is 0.418 e. The van der Waals surface area contributed by atoms with Crippen LogP contribution in [0.4, 0.5) is 13.2 Å². The Labute approximate surface area is 148 Å². The van der Waals surface area contributed by atoms with E-state index in [0.29, 0.717) is 23.6 Å². The van der Waals surface area contributed by atoms with Crippen molar-refractivity contribution in [2.75, 3.05) is 0 Å². The molecule has 1 unspecified atom stereocenters. The van der Waals surface area contributed by atoms with E-state index in [2.05, 4.69) is 4.98 Å². The van der Waals surface area contributed by atoms with Crippen molar-refractivity contribution >= 4 is 10.9 Å². The van der Waals surface area contributed by atoms with E-state index in [0.717, 1.165) is 0 Å². The van der Waals surface area contributed by atoms with Crippen LogP contribution in [0.15, 0.2) is 42.6 Å². The SMILES string of the molecule is Cc1cc2c(C(F)(F)F)c(C#N)ccc2n1CC(C)Oc1ccccn1. The fourth-order valence-corrected chi connectivity index (χ4v) is 3.03. The lowest BCUT2D eigenvalue weighted by molar-refractivity contribution is -0.136. The van der Waals surface area contributed by atoms with Gasteiger partial charge in [-0.3, -0.25) is 0 Å². The van der Waals surface area contributed by atoms with Crippen LogP contribution in [-0.4, -0.2) is 15.7 Å². The molecule has 0 aliphatic carbocycles. The Hall–Kier alpha value is -3.01. The van der Waals surface area contributed by atoms with E-state index >= 15 is 0 Å². The molecule has 26 heavy (non-hydrogen) atoms. The van der Waals surface area contributed by atoms with E-state index in [4.69, 9.17) is 10.00 Å². The summed E-state index contributed by atoms with van der Waals surface area (Å²) in [7, 11) is 0. The number of alkyl halides is 3. The Morgan fingerprint density at radius 3 is 2.65 bits per heavy atom. The second kappa shape index (κ2) is 6.71. The summed E-state index contributed by atoms with van der Waals surface area (Å²) >= 11 is 0. The molecule has 0 bridgehead atoms. The van der Waals surface area contributed by atoms with Crippen molar-refractivity contribution in [3.8, 4) is 11.9 Å². The molecule has 1 aromatic carbocycles. The summed E-state index contributed by atoms with van der Waals surface area (Å²) in [4.78, 5) is 4.09. The topological polar surface area (TPSA) is 50.8 Å². The number of aryl methyl sites for hydroxylation is 1. The first-order valence-electron chi connectivity index (χ1n) is 7.99. The lowest BCUT2D eigenvalue weighted by atomic mass is 10.0. The van der Waals surface area contributed by atoms with Crippen LogP contribution < -0.4 is 4.74 Å². The van der Waals surface area contributed by atoms with Gasteiger partial charge >= 0.3 is 6.18 Å². The molecule has 4 nitrogen and oxygen atoms in total. The fourth-order valence-electron chi connectivity index (χ4n) is 3.03. The number of hydrogen-bond donors (Lipinski definition) is 0. The predicted molar refractivity (Wildman–Crippen MR) is 90.7 cm³/mol. The zero-order valence-corrected chi connectivity index (χ0v) is 14.2. The van der Waals surface area contributed by atoms with Crippen molar-refractivity contribution in [2.45, 2.75) is 32.7 Å². The Bertz CT molecular complexity index is 972. The molecule has 0 aliphatic heterocycles. The van der Waals surface area contributed by atoms with Crippen LogP contribution in [0.5, 0.6) is 5.88 Å². The van der Waals surface area contributed by atoms with E-state index < -0.39 is 11.7 Å². The Morgan fingerprint density at radius 2 is 2.04 bits per heavy atom. The normalized spacial score (nSPS) is 12.8. The van der Waals surface area contributed by atoms with E-state index in [1.54, 1.807) is 48.0 Å². The summed E-state index contributed by atoms with van der Waals surface area (Å²) in [5, 5.41) is 9.07. The average Bonchev–Trinajstić information content (AvgIpc) is 2.89. The summed E-state index contributed by atoms with van der Waals surface area (Å²) in [6.45, 7) is 3.92. The Balaban J connectivity index is 2.00. The summed E-state index contributed by atoms with van der Waals surface area (Å²) in [5.74, 6) is 0.455. The second-order valence-corrected chi connectivity index (χ2v) is 6.02. The molecule has 3 rings (SSSR count). The van der Waals surface area contributed by atoms with Gasteiger partial charge in [-0.1, -0.05) is 6.07 Å². The molecule has 3 aromatic rings. The van der Waals surface area contributed by atoms with E-state index in [1.165, 1.54) is 12.1 Å². The highest BCUT2D eigenvalue weighted by Gasteiger charge is 2.36. The molecule has 0 saturated heterocycles. The number of pyridine rings is 1. The third kappa shape index (κ3) is 3.36. The highest BCUT2D eigenvalue weighted by Crippen LogP contribution is 2.38. The monoisotopic (exact) mass is 359 g/mol. The Kier molecular flexibility index (Phi) is 4.60. The maximum Gasteiger partial charge on any atom is 0.418 e. The number of fused-ring (bicyclic) bond motifs is 1. The van der Waals surface area contributed by atoms with Gasteiger partial charge in [-0.05, 0) is 38.1 Å². The van der Waals surface area contributed by atoms with Crippen molar-refractivity contribution in [1.82, 2.24) is 9.55 Å². The molecule has 0 amide bonds. The van der Waals surface area contributed by atoms with Gasteiger partial charge in [0.15, 0.2) is 0 Å². The van der Waals surface area contributed by atoms with Gasteiger partial charge < -0.3 is 9.30 Å². The first-order chi connectivity index (χ1) is 12.3. The second-order valence-electron chi connectivity index (χ2n) is 6.02. The minimum atomic E-state index is -4.60. The molecule has 0 radical (unpaired) electrons. The molecule has 2 aromatic heterocycles. The lowest BCUT2D eigenvalue weighted by Crippen LogP contribution is -2.20. The molecule has 0 fully saturated rings. The molecule has 134 valence electrons. The van der Waals surface area contributed by atoms with Gasteiger partial charge in [0.1, 0.15) is 6.10 Å². The zero-order valence-electron chi connectivity index (χ0n) is 14.2. The third-order valence-electron chi connectivity index (χ3n) is 4.10. The maximum absolute atomic E-state index is 13.5. The first kappa shape index (κ1) is 17.8. The van der Waals surface area contributed by atoms with Crippen LogP contribution in [0.25, 0.3) is 10.9 Å². The molecule has 0 aliphatic rings. The first-order valence-corrected chi connectivity index (χ1v) is 7.99. The summed E-state index contributed by atoms with van der Waals surface area (Å²) < 4.78 is 47.9.